The molecule has 0 saturated carbocycles. The Kier molecular flexibility index (Phi) is 5.35. The van der Waals surface area contributed by atoms with Crippen LogP contribution in [0.2, 0.25) is 0 Å². The Bertz CT molecular complexity index is 423. The summed E-state index contributed by atoms with van der Waals surface area (Å²) in [6.45, 7) is 7.01. The van der Waals surface area contributed by atoms with E-state index < -0.39 is 0 Å². The maximum Gasteiger partial charge on any atom is 0.272 e. The molecule has 0 aliphatic carbocycles. The van der Waals surface area contributed by atoms with Crippen LogP contribution in [-0.4, -0.2) is 48.1 Å². The van der Waals surface area contributed by atoms with Crippen molar-refractivity contribution in [1.82, 2.24) is 9.88 Å². The van der Waals surface area contributed by atoms with Gasteiger partial charge in [-0.3, -0.25) is 4.79 Å². The van der Waals surface area contributed by atoms with Crippen molar-refractivity contribution >= 4 is 11.6 Å². The molecule has 5 heteroatoms. The molecule has 2 heterocycles. The molecule has 2 rings (SSSR count). The Morgan fingerprint density at radius 2 is 2.25 bits per heavy atom. The molecule has 20 heavy (non-hydrogen) atoms. The Morgan fingerprint density at radius 3 is 2.80 bits per heavy atom. The highest BCUT2D eigenvalue weighted by Crippen LogP contribution is 2.14. The molecule has 1 unspecified atom stereocenters. The third-order valence-electron chi connectivity index (χ3n) is 3.59. The van der Waals surface area contributed by atoms with Gasteiger partial charge in [0.25, 0.3) is 5.91 Å². The summed E-state index contributed by atoms with van der Waals surface area (Å²) in [6, 6.07) is 3.68. The Labute approximate surface area is 120 Å². The third-order valence-corrected chi connectivity index (χ3v) is 3.59. The Morgan fingerprint density at radius 1 is 1.45 bits per heavy atom. The number of hydrogen-bond acceptors (Lipinski definition) is 4. The number of carbonyl (C=O) groups is 1. The van der Waals surface area contributed by atoms with Crippen LogP contribution in [0.3, 0.4) is 0 Å². The number of nitrogens with one attached hydrogen (secondary N) is 1. The minimum absolute atomic E-state index is 0.0133. The van der Waals surface area contributed by atoms with Crippen molar-refractivity contribution in [3.8, 4) is 0 Å². The smallest absolute Gasteiger partial charge is 0.272 e. The quantitative estimate of drug-likeness (QED) is 0.865. The molecule has 0 spiro atoms. The topological polar surface area (TPSA) is 54.5 Å². The lowest BCUT2D eigenvalue weighted by atomic mass is 10.2. The minimum atomic E-state index is -0.0133. The predicted octanol–water partition coefficient (Wildman–Crippen LogP) is 2.15. The average Bonchev–Trinajstić information content (AvgIpc) is 3.00. The molecular formula is C15H23N3O2. The van der Waals surface area contributed by atoms with Crippen molar-refractivity contribution in [3.63, 3.8) is 0 Å². The van der Waals surface area contributed by atoms with E-state index in [2.05, 4.69) is 10.3 Å². The number of aromatic nitrogens is 1. The first-order chi connectivity index (χ1) is 9.74. The average molecular weight is 277 g/mol. The maximum atomic E-state index is 12.1. The molecule has 0 radical (unpaired) electrons. The largest absolute Gasteiger partial charge is 0.381 e. The van der Waals surface area contributed by atoms with Crippen LogP contribution in [0.4, 0.5) is 5.69 Å². The molecule has 5 nitrogen and oxygen atoms in total. The van der Waals surface area contributed by atoms with E-state index in [4.69, 9.17) is 4.74 Å². The normalized spacial score (nSPS) is 18.0. The van der Waals surface area contributed by atoms with E-state index in [9.17, 15) is 4.79 Å². The first-order valence-electron chi connectivity index (χ1n) is 7.35. The standard InChI is InChI=1S/C15H23N3O2/c1-3-18(4-2)15(19)14-8-7-12(10-17-14)16-11-13-6-5-9-20-13/h7-8,10,13,16H,3-6,9,11H2,1-2H3. The molecule has 1 N–H and O–H groups in total. The molecule has 1 aromatic heterocycles. The van der Waals surface area contributed by atoms with Gasteiger partial charge in [-0.2, -0.15) is 0 Å². The van der Waals surface area contributed by atoms with Gasteiger partial charge in [0.15, 0.2) is 0 Å². The summed E-state index contributed by atoms with van der Waals surface area (Å²) in [5.41, 5.74) is 1.42. The Hall–Kier alpha value is -1.62. The molecule has 110 valence electrons. The second-order valence-electron chi connectivity index (χ2n) is 4.93. The molecule has 1 aromatic rings. The van der Waals surface area contributed by atoms with Crippen LogP contribution in [0.5, 0.6) is 0 Å². The van der Waals surface area contributed by atoms with E-state index in [1.807, 2.05) is 19.9 Å². The van der Waals surface area contributed by atoms with Crippen molar-refractivity contribution in [1.29, 1.82) is 0 Å². The van der Waals surface area contributed by atoms with E-state index in [-0.39, 0.29) is 5.91 Å². The summed E-state index contributed by atoms with van der Waals surface area (Å²) >= 11 is 0. The zero-order valence-corrected chi connectivity index (χ0v) is 12.3. The van der Waals surface area contributed by atoms with Crippen LogP contribution >= 0.6 is 0 Å². The fourth-order valence-corrected chi connectivity index (χ4v) is 2.33. The fourth-order valence-electron chi connectivity index (χ4n) is 2.33. The van der Waals surface area contributed by atoms with Crippen LogP contribution in [0, 0.1) is 0 Å². The van der Waals surface area contributed by atoms with Crippen molar-refractivity contribution in [2.45, 2.75) is 32.8 Å². The lowest BCUT2D eigenvalue weighted by Crippen LogP contribution is -2.31. The van der Waals surface area contributed by atoms with Gasteiger partial charge in [-0.05, 0) is 38.8 Å². The zero-order valence-electron chi connectivity index (χ0n) is 12.3. The first-order valence-corrected chi connectivity index (χ1v) is 7.35. The number of rotatable bonds is 6. The second kappa shape index (κ2) is 7.24. The summed E-state index contributed by atoms with van der Waals surface area (Å²) < 4.78 is 5.55. The highest BCUT2D eigenvalue weighted by molar-refractivity contribution is 5.92. The van der Waals surface area contributed by atoms with Crippen LogP contribution < -0.4 is 5.32 Å². The number of ether oxygens (including phenoxy) is 1. The van der Waals surface area contributed by atoms with E-state index in [0.29, 0.717) is 24.9 Å². The van der Waals surface area contributed by atoms with E-state index in [0.717, 1.165) is 31.7 Å². The molecule has 1 aliphatic heterocycles. The summed E-state index contributed by atoms with van der Waals surface area (Å²) in [7, 11) is 0. The van der Waals surface area contributed by atoms with Gasteiger partial charge in [0.05, 0.1) is 18.0 Å². The monoisotopic (exact) mass is 277 g/mol. The second-order valence-corrected chi connectivity index (χ2v) is 4.93. The lowest BCUT2D eigenvalue weighted by molar-refractivity contribution is 0.0767. The highest BCUT2D eigenvalue weighted by atomic mass is 16.5. The predicted molar refractivity (Wildman–Crippen MR) is 79.0 cm³/mol. The highest BCUT2D eigenvalue weighted by Gasteiger charge is 2.16. The summed E-state index contributed by atoms with van der Waals surface area (Å²) in [5.74, 6) is -0.0133. The van der Waals surface area contributed by atoms with Crippen LogP contribution in [0.1, 0.15) is 37.2 Å². The molecule has 0 aromatic carbocycles. The minimum Gasteiger partial charge on any atom is -0.381 e. The molecule has 0 bridgehead atoms. The number of pyridine rings is 1. The Balaban J connectivity index is 1.90. The van der Waals surface area contributed by atoms with Crippen molar-refractivity contribution < 1.29 is 9.53 Å². The van der Waals surface area contributed by atoms with Gasteiger partial charge in [-0.25, -0.2) is 4.98 Å². The van der Waals surface area contributed by atoms with Crippen molar-refractivity contribution in [3.05, 3.63) is 24.0 Å². The van der Waals surface area contributed by atoms with Crippen LogP contribution in [0.15, 0.2) is 18.3 Å². The fraction of sp³-hybridized carbons (Fsp3) is 0.600. The van der Waals surface area contributed by atoms with Crippen molar-refractivity contribution in [2.75, 3.05) is 31.6 Å². The summed E-state index contributed by atoms with van der Waals surface area (Å²) in [5, 5.41) is 3.30. The lowest BCUT2D eigenvalue weighted by Gasteiger charge is -2.18. The van der Waals surface area contributed by atoms with E-state index in [1.54, 1.807) is 17.2 Å². The SMILES string of the molecule is CCN(CC)C(=O)c1ccc(NCC2CCCO2)cn1. The van der Waals surface area contributed by atoms with E-state index >= 15 is 0 Å². The van der Waals surface area contributed by atoms with E-state index in [1.165, 1.54) is 0 Å². The van der Waals surface area contributed by atoms with Gasteiger partial charge in [0, 0.05) is 26.2 Å². The van der Waals surface area contributed by atoms with Gasteiger partial charge in [-0.15, -0.1) is 0 Å². The summed E-state index contributed by atoms with van der Waals surface area (Å²) in [6.07, 6.45) is 4.26. The molecule has 1 fully saturated rings. The van der Waals surface area contributed by atoms with Gasteiger partial charge in [0.1, 0.15) is 5.69 Å². The number of amides is 1. The number of hydrogen-bond donors (Lipinski definition) is 1. The van der Waals surface area contributed by atoms with Gasteiger partial charge >= 0.3 is 0 Å². The first kappa shape index (κ1) is 14.8. The molecule has 1 atom stereocenters. The number of carbonyl (C=O) groups excluding carboxylic acids is 1. The number of anilines is 1. The van der Waals surface area contributed by atoms with Gasteiger partial charge in [-0.1, -0.05) is 0 Å². The molecular weight excluding hydrogens is 254 g/mol. The van der Waals surface area contributed by atoms with Gasteiger partial charge in [0.2, 0.25) is 0 Å². The number of nitrogens with zero attached hydrogens (tertiary/aromatic N) is 2. The maximum absolute atomic E-state index is 12.1. The molecule has 1 aliphatic rings. The third kappa shape index (κ3) is 3.70. The van der Waals surface area contributed by atoms with Crippen molar-refractivity contribution in [2.24, 2.45) is 0 Å². The van der Waals surface area contributed by atoms with Crippen LogP contribution in [-0.2, 0) is 4.74 Å². The molecule has 1 amide bonds. The molecule has 1 saturated heterocycles. The summed E-state index contributed by atoms with van der Waals surface area (Å²) in [4.78, 5) is 18.1. The van der Waals surface area contributed by atoms with Gasteiger partial charge < -0.3 is 15.0 Å². The zero-order chi connectivity index (χ0) is 14.4. The van der Waals surface area contributed by atoms with Crippen LogP contribution in [0.25, 0.3) is 0 Å².